The number of hydrogen-bond acceptors (Lipinski definition) is 0. The first-order chi connectivity index (χ1) is 9.84. The molecule has 0 nitrogen and oxygen atoms in total. The van der Waals surface area contributed by atoms with Gasteiger partial charge in [0.1, 0.15) is 0 Å². The first-order valence-corrected chi connectivity index (χ1v) is 7.50. The summed E-state index contributed by atoms with van der Waals surface area (Å²) in [5.41, 5.74) is 5.14. The van der Waals surface area contributed by atoms with Crippen LogP contribution in [0.25, 0.3) is 11.1 Å². The minimum atomic E-state index is 0.947. The van der Waals surface area contributed by atoms with Crippen LogP contribution < -0.4 is 0 Å². The van der Waals surface area contributed by atoms with E-state index in [2.05, 4.69) is 88.7 Å². The van der Waals surface area contributed by atoms with E-state index in [1.165, 1.54) is 26.7 Å². The minimum absolute atomic E-state index is 0.947. The molecule has 3 aromatic rings. The molecule has 0 aliphatic heterocycles. The molecule has 0 fully saturated rings. The lowest BCUT2D eigenvalue weighted by atomic mass is 9.99. The molecule has 0 N–H and O–H groups in total. The zero-order chi connectivity index (χ0) is 13.8. The fourth-order valence-corrected chi connectivity index (χ4v) is 3.01. The molecule has 0 amide bonds. The summed E-state index contributed by atoms with van der Waals surface area (Å²) in [7, 11) is 0. The van der Waals surface area contributed by atoms with Crippen molar-refractivity contribution in [2.24, 2.45) is 0 Å². The van der Waals surface area contributed by atoms with Gasteiger partial charge in [-0.05, 0) is 44.6 Å². The Labute approximate surface area is 128 Å². The van der Waals surface area contributed by atoms with E-state index in [0.29, 0.717) is 0 Å². The molecule has 0 spiro atoms. The summed E-state index contributed by atoms with van der Waals surface area (Å²) in [6.07, 6.45) is 0.947. The molecule has 3 aromatic carbocycles. The molecule has 0 radical (unpaired) electrons. The average molecular weight is 323 g/mol. The van der Waals surface area contributed by atoms with Crippen LogP contribution in [0.1, 0.15) is 11.1 Å². The second kappa shape index (κ2) is 6.06. The molecule has 0 unspecified atom stereocenters. The molecule has 0 atom stereocenters. The van der Waals surface area contributed by atoms with Gasteiger partial charge in [-0.3, -0.25) is 0 Å². The molecule has 0 aliphatic rings. The van der Waals surface area contributed by atoms with Crippen molar-refractivity contribution in [3.8, 4) is 11.1 Å². The van der Waals surface area contributed by atoms with Gasteiger partial charge in [0.15, 0.2) is 0 Å². The Bertz CT molecular complexity index is 687. The Morgan fingerprint density at radius 2 is 1.30 bits per heavy atom. The topological polar surface area (TPSA) is 0 Å². The lowest BCUT2D eigenvalue weighted by Crippen LogP contribution is -1.91. The van der Waals surface area contributed by atoms with E-state index in [-0.39, 0.29) is 0 Å². The van der Waals surface area contributed by atoms with E-state index in [1.807, 2.05) is 6.07 Å². The van der Waals surface area contributed by atoms with Crippen molar-refractivity contribution in [3.63, 3.8) is 0 Å². The summed E-state index contributed by atoms with van der Waals surface area (Å²) in [5.74, 6) is 0. The highest BCUT2D eigenvalue weighted by Crippen LogP contribution is 2.32. The molecular formula is C19H15Br. The zero-order valence-corrected chi connectivity index (χ0v) is 12.7. The van der Waals surface area contributed by atoms with Gasteiger partial charge < -0.3 is 0 Å². The van der Waals surface area contributed by atoms with Crippen LogP contribution >= 0.6 is 15.9 Å². The molecule has 0 heterocycles. The van der Waals surface area contributed by atoms with Crippen LogP contribution in [-0.2, 0) is 6.42 Å². The summed E-state index contributed by atoms with van der Waals surface area (Å²) in [6.45, 7) is 0. The van der Waals surface area contributed by atoms with Crippen LogP contribution in [-0.4, -0.2) is 0 Å². The highest BCUT2D eigenvalue weighted by molar-refractivity contribution is 9.10. The maximum atomic E-state index is 3.78. The van der Waals surface area contributed by atoms with Crippen molar-refractivity contribution in [2.75, 3.05) is 0 Å². The van der Waals surface area contributed by atoms with Gasteiger partial charge in [0.05, 0.1) is 0 Å². The quantitative estimate of drug-likeness (QED) is 0.579. The highest BCUT2D eigenvalue weighted by atomic mass is 79.9. The predicted octanol–water partition coefficient (Wildman–Crippen LogP) is 5.71. The number of halogens is 1. The van der Waals surface area contributed by atoms with E-state index in [9.17, 15) is 0 Å². The van der Waals surface area contributed by atoms with Gasteiger partial charge >= 0.3 is 0 Å². The van der Waals surface area contributed by atoms with Crippen molar-refractivity contribution < 1.29 is 0 Å². The van der Waals surface area contributed by atoms with Crippen molar-refractivity contribution in [2.45, 2.75) is 6.42 Å². The van der Waals surface area contributed by atoms with Crippen molar-refractivity contribution in [1.82, 2.24) is 0 Å². The van der Waals surface area contributed by atoms with Crippen LogP contribution in [0.4, 0.5) is 0 Å². The van der Waals surface area contributed by atoms with E-state index in [0.717, 1.165) is 6.42 Å². The maximum Gasteiger partial charge on any atom is 0.0289 e. The second-order valence-corrected chi connectivity index (χ2v) is 5.60. The molecule has 98 valence electrons. The van der Waals surface area contributed by atoms with Crippen molar-refractivity contribution in [1.29, 1.82) is 0 Å². The standard InChI is InChI=1S/C19H15Br/c20-19-17(14-15-8-3-1-4-9-15)12-7-13-18(19)16-10-5-2-6-11-16/h1-13H,14H2. The van der Waals surface area contributed by atoms with E-state index >= 15 is 0 Å². The third kappa shape index (κ3) is 2.83. The molecule has 1 heteroatoms. The zero-order valence-electron chi connectivity index (χ0n) is 11.1. The molecular weight excluding hydrogens is 308 g/mol. The maximum absolute atomic E-state index is 3.78. The van der Waals surface area contributed by atoms with Gasteiger partial charge in [-0.1, -0.05) is 78.9 Å². The lowest BCUT2D eigenvalue weighted by molar-refractivity contribution is 1.18. The summed E-state index contributed by atoms with van der Waals surface area (Å²) >= 11 is 3.78. The first-order valence-electron chi connectivity index (χ1n) is 6.71. The van der Waals surface area contributed by atoms with Gasteiger partial charge in [0.2, 0.25) is 0 Å². The summed E-state index contributed by atoms with van der Waals surface area (Å²) in [6, 6.07) is 27.5. The SMILES string of the molecule is Brc1c(Cc2ccccc2)cccc1-c1ccccc1. The lowest BCUT2D eigenvalue weighted by Gasteiger charge is -2.10. The second-order valence-electron chi connectivity index (χ2n) is 4.81. The summed E-state index contributed by atoms with van der Waals surface area (Å²) < 4.78 is 1.19. The van der Waals surface area contributed by atoms with Crippen LogP contribution in [0.15, 0.2) is 83.3 Å². The first kappa shape index (κ1) is 13.1. The number of hydrogen-bond donors (Lipinski definition) is 0. The molecule has 0 aliphatic carbocycles. The average Bonchev–Trinajstić information content (AvgIpc) is 2.51. The molecule has 0 aromatic heterocycles. The molecule has 0 saturated carbocycles. The highest BCUT2D eigenvalue weighted by Gasteiger charge is 2.07. The van der Waals surface area contributed by atoms with E-state index in [4.69, 9.17) is 0 Å². The Balaban J connectivity index is 1.98. The minimum Gasteiger partial charge on any atom is -0.0622 e. The molecule has 3 rings (SSSR count). The van der Waals surface area contributed by atoms with Gasteiger partial charge in [0, 0.05) is 4.47 Å². The van der Waals surface area contributed by atoms with Gasteiger partial charge in [0.25, 0.3) is 0 Å². The predicted molar refractivity (Wildman–Crippen MR) is 88.8 cm³/mol. The monoisotopic (exact) mass is 322 g/mol. The molecule has 20 heavy (non-hydrogen) atoms. The summed E-state index contributed by atoms with van der Waals surface area (Å²) in [4.78, 5) is 0. The van der Waals surface area contributed by atoms with Gasteiger partial charge in [-0.15, -0.1) is 0 Å². The fraction of sp³-hybridized carbons (Fsp3) is 0.0526. The van der Waals surface area contributed by atoms with Crippen molar-refractivity contribution >= 4 is 15.9 Å². The Kier molecular flexibility index (Phi) is 3.98. The normalized spacial score (nSPS) is 10.4. The van der Waals surface area contributed by atoms with Crippen molar-refractivity contribution in [3.05, 3.63) is 94.5 Å². The number of benzene rings is 3. The van der Waals surface area contributed by atoms with E-state index in [1.54, 1.807) is 0 Å². The van der Waals surface area contributed by atoms with Gasteiger partial charge in [-0.2, -0.15) is 0 Å². The number of rotatable bonds is 3. The van der Waals surface area contributed by atoms with E-state index < -0.39 is 0 Å². The smallest absolute Gasteiger partial charge is 0.0289 e. The Morgan fingerprint density at radius 3 is 2.00 bits per heavy atom. The molecule has 0 bridgehead atoms. The Hall–Kier alpha value is -1.86. The van der Waals surface area contributed by atoms with Crippen LogP contribution in [0.3, 0.4) is 0 Å². The third-order valence-corrected chi connectivity index (χ3v) is 4.34. The van der Waals surface area contributed by atoms with Gasteiger partial charge in [-0.25, -0.2) is 0 Å². The largest absolute Gasteiger partial charge is 0.0622 e. The van der Waals surface area contributed by atoms with Crippen LogP contribution in [0.2, 0.25) is 0 Å². The third-order valence-electron chi connectivity index (χ3n) is 3.40. The summed E-state index contributed by atoms with van der Waals surface area (Å²) in [5, 5.41) is 0. The fourth-order valence-electron chi connectivity index (χ4n) is 2.37. The molecule has 0 saturated heterocycles. The van der Waals surface area contributed by atoms with Crippen LogP contribution in [0.5, 0.6) is 0 Å². The Morgan fingerprint density at radius 1 is 0.650 bits per heavy atom. The van der Waals surface area contributed by atoms with Crippen LogP contribution in [0, 0.1) is 0 Å².